The maximum atomic E-state index is 11.7. The van der Waals surface area contributed by atoms with E-state index in [0.717, 1.165) is 16.1 Å². The van der Waals surface area contributed by atoms with Crippen LogP contribution in [0, 0.1) is 0 Å². The Balaban J connectivity index is 1.45. The van der Waals surface area contributed by atoms with Gasteiger partial charge in [0.05, 0.1) is 25.5 Å². The zero-order chi connectivity index (χ0) is 22.3. The number of aromatic nitrogens is 1. The van der Waals surface area contributed by atoms with Crippen molar-refractivity contribution in [3.05, 3.63) is 72.1 Å². The van der Waals surface area contributed by atoms with Gasteiger partial charge < -0.3 is 14.2 Å². The molecule has 1 saturated carbocycles. The quantitative estimate of drug-likeness (QED) is 0.320. The number of nitrogens with zero attached hydrogens (tertiary/aromatic N) is 1. The van der Waals surface area contributed by atoms with E-state index in [1.54, 1.807) is 25.3 Å². The standard InChI is InChI=1S/C26H28N2O3S/c1-30-25-15-21(26(29)31-2)12-13-24(25)28-32-23-14-22(16-27-17-23)20-10-8-19(9-11-20)18-6-4-3-5-7-18/h8-18,28H,3-7H2,1-2H3. The van der Waals surface area contributed by atoms with Crippen molar-refractivity contribution in [3.8, 4) is 16.9 Å². The molecule has 0 radical (unpaired) electrons. The lowest BCUT2D eigenvalue weighted by Crippen LogP contribution is -2.04. The molecule has 5 nitrogen and oxygen atoms in total. The predicted octanol–water partition coefficient (Wildman–Crippen LogP) is 6.71. The fourth-order valence-corrected chi connectivity index (χ4v) is 4.85. The largest absolute Gasteiger partial charge is 0.495 e. The summed E-state index contributed by atoms with van der Waals surface area (Å²) in [6, 6.07) is 16.3. The second-order valence-electron chi connectivity index (χ2n) is 7.98. The number of esters is 1. The number of hydrogen-bond acceptors (Lipinski definition) is 6. The summed E-state index contributed by atoms with van der Waals surface area (Å²) < 4.78 is 13.5. The van der Waals surface area contributed by atoms with E-state index >= 15 is 0 Å². The Morgan fingerprint density at radius 3 is 2.47 bits per heavy atom. The molecule has 0 bridgehead atoms. The first kappa shape index (κ1) is 22.2. The van der Waals surface area contributed by atoms with Gasteiger partial charge >= 0.3 is 5.97 Å². The number of benzene rings is 2. The van der Waals surface area contributed by atoms with Crippen molar-refractivity contribution in [2.24, 2.45) is 0 Å². The van der Waals surface area contributed by atoms with E-state index in [1.807, 2.05) is 12.4 Å². The maximum absolute atomic E-state index is 11.7. The summed E-state index contributed by atoms with van der Waals surface area (Å²) in [5.41, 5.74) is 4.92. The summed E-state index contributed by atoms with van der Waals surface area (Å²) in [6.45, 7) is 0. The van der Waals surface area contributed by atoms with Gasteiger partial charge in [-0.05, 0) is 66.1 Å². The maximum Gasteiger partial charge on any atom is 0.337 e. The summed E-state index contributed by atoms with van der Waals surface area (Å²) in [5.74, 6) is 0.888. The topological polar surface area (TPSA) is 60.5 Å². The lowest BCUT2D eigenvalue weighted by Gasteiger charge is -2.22. The van der Waals surface area contributed by atoms with Crippen molar-refractivity contribution in [1.82, 2.24) is 4.98 Å². The molecule has 0 atom stereocenters. The van der Waals surface area contributed by atoms with Crippen LogP contribution in [0.5, 0.6) is 5.75 Å². The number of pyridine rings is 1. The number of carbonyl (C=O) groups excluding carboxylic acids is 1. The number of methoxy groups -OCH3 is 2. The van der Waals surface area contributed by atoms with Crippen LogP contribution in [0.2, 0.25) is 0 Å². The van der Waals surface area contributed by atoms with Gasteiger partial charge in [0.1, 0.15) is 5.75 Å². The Hall–Kier alpha value is -2.99. The van der Waals surface area contributed by atoms with E-state index < -0.39 is 5.97 Å². The molecule has 0 saturated heterocycles. The normalized spacial score (nSPS) is 14.1. The number of nitrogens with one attached hydrogen (secondary N) is 1. The number of rotatable bonds is 7. The summed E-state index contributed by atoms with van der Waals surface area (Å²) in [7, 11) is 2.94. The molecule has 166 valence electrons. The molecule has 0 unspecified atom stereocenters. The van der Waals surface area contributed by atoms with Crippen LogP contribution >= 0.6 is 11.9 Å². The summed E-state index contributed by atoms with van der Waals surface area (Å²) in [5, 5.41) is 0. The average Bonchev–Trinajstić information content (AvgIpc) is 2.87. The molecule has 6 heteroatoms. The van der Waals surface area contributed by atoms with E-state index in [1.165, 1.54) is 62.3 Å². The third-order valence-corrected chi connectivity index (χ3v) is 6.72. The van der Waals surface area contributed by atoms with Gasteiger partial charge in [-0.15, -0.1) is 0 Å². The van der Waals surface area contributed by atoms with E-state index in [2.05, 4.69) is 40.0 Å². The lowest BCUT2D eigenvalue weighted by molar-refractivity contribution is 0.0600. The van der Waals surface area contributed by atoms with Gasteiger partial charge in [0.15, 0.2) is 0 Å². The summed E-state index contributed by atoms with van der Waals surface area (Å²) in [4.78, 5) is 17.2. The Kier molecular flexibility index (Phi) is 7.32. The van der Waals surface area contributed by atoms with Crippen molar-refractivity contribution in [2.75, 3.05) is 18.9 Å². The first-order valence-corrected chi connectivity index (χ1v) is 11.7. The summed E-state index contributed by atoms with van der Waals surface area (Å²) >= 11 is 1.45. The minimum atomic E-state index is -0.395. The van der Waals surface area contributed by atoms with Crippen LogP contribution in [-0.4, -0.2) is 25.2 Å². The first-order valence-electron chi connectivity index (χ1n) is 10.9. The highest BCUT2D eigenvalue weighted by atomic mass is 32.2. The smallest absolute Gasteiger partial charge is 0.337 e. The number of hydrogen-bond donors (Lipinski definition) is 1. The van der Waals surface area contributed by atoms with Crippen LogP contribution in [0.3, 0.4) is 0 Å². The van der Waals surface area contributed by atoms with Crippen LogP contribution in [0.4, 0.5) is 5.69 Å². The van der Waals surface area contributed by atoms with Gasteiger partial charge in [0, 0.05) is 22.9 Å². The fourth-order valence-electron chi connectivity index (χ4n) is 4.15. The predicted molar refractivity (Wildman–Crippen MR) is 129 cm³/mol. The van der Waals surface area contributed by atoms with Crippen LogP contribution in [0.1, 0.15) is 53.9 Å². The van der Waals surface area contributed by atoms with Gasteiger partial charge in [0.2, 0.25) is 0 Å². The minimum absolute atomic E-state index is 0.395. The molecule has 0 amide bonds. The van der Waals surface area contributed by atoms with Crippen molar-refractivity contribution in [3.63, 3.8) is 0 Å². The number of carbonyl (C=O) groups is 1. The second kappa shape index (κ2) is 10.6. The lowest BCUT2D eigenvalue weighted by atomic mass is 9.84. The van der Waals surface area contributed by atoms with Crippen LogP contribution in [0.15, 0.2) is 65.8 Å². The van der Waals surface area contributed by atoms with Crippen LogP contribution in [0.25, 0.3) is 11.1 Å². The molecule has 1 N–H and O–H groups in total. The van der Waals surface area contributed by atoms with Gasteiger partial charge in [0.25, 0.3) is 0 Å². The first-order chi connectivity index (χ1) is 15.7. The van der Waals surface area contributed by atoms with Gasteiger partial charge in [-0.3, -0.25) is 4.98 Å². The van der Waals surface area contributed by atoms with Crippen LogP contribution in [-0.2, 0) is 4.74 Å². The Bertz CT molecular complexity index is 1060. The van der Waals surface area contributed by atoms with Gasteiger partial charge in [-0.2, -0.15) is 0 Å². The van der Waals surface area contributed by atoms with E-state index in [4.69, 9.17) is 9.47 Å². The van der Waals surface area contributed by atoms with E-state index in [9.17, 15) is 4.79 Å². The van der Waals surface area contributed by atoms with Crippen molar-refractivity contribution in [1.29, 1.82) is 0 Å². The molecule has 3 aromatic rings. The molecule has 1 aliphatic carbocycles. The zero-order valence-electron chi connectivity index (χ0n) is 18.5. The Labute approximate surface area is 193 Å². The van der Waals surface area contributed by atoms with Gasteiger partial charge in [-0.1, -0.05) is 43.5 Å². The Morgan fingerprint density at radius 2 is 1.75 bits per heavy atom. The number of ether oxygens (including phenoxy) is 2. The molecule has 2 aromatic carbocycles. The average molecular weight is 449 g/mol. The highest BCUT2D eigenvalue weighted by Crippen LogP contribution is 2.34. The molecular formula is C26H28N2O3S. The zero-order valence-corrected chi connectivity index (χ0v) is 19.3. The minimum Gasteiger partial charge on any atom is -0.495 e. The molecule has 4 rings (SSSR count). The fraction of sp³-hybridized carbons (Fsp3) is 0.308. The molecule has 1 fully saturated rings. The van der Waals surface area contributed by atoms with E-state index in [0.29, 0.717) is 17.2 Å². The summed E-state index contributed by atoms with van der Waals surface area (Å²) in [6.07, 6.45) is 10.4. The van der Waals surface area contributed by atoms with Crippen LogP contribution < -0.4 is 9.46 Å². The molecule has 0 spiro atoms. The molecule has 32 heavy (non-hydrogen) atoms. The molecule has 1 aliphatic rings. The monoisotopic (exact) mass is 448 g/mol. The highest BCUT2D eigenvalue weighted by Gasteiger charge is 2.15. The third kappa shape index (κ3) is 5.25. The number of anilines is 1. The van der Waals surface area contributed by atoms with Crippen molar-refractivity contribution in [2.45, 2.75) is 42.9 Å². The van der Waals surface area contributed by atoms with E-state index in [-0.39, 0.29) is 0 Å². The molecule has 0 aliphatic heterocycles. The van der Waals surface area contributed by atoms with Gasteiger partial charge in [-0.25, -0.2) is 4.79 Å². The van der Waals surface area contributed by atoms with Crippen molar-refractivity contribution < 1.29 is 14.3 Å². The molecular weight excluding hydrogens is 420 g/mol. The highest BCUT2D eigenvalue weighted by molar-refractivity contribution is 8.00. The SMILES string of the molecule is COC(=O)c1ccc(NSc2cncc(-c3ccc(C4CCCCC4)cc3)c2)c(OC)c1. The molecule has 1 heterocycles. The third-order valence-electron chi connectivity index (χ3n) is 5.94. The molecule has 1 aromatic heterocycles. The Morgan fingerprint density at radius 1 is 0.969 bits per heavy atom. The second-order valence-corrected chi connectivity index (χ2v) is 8.86. The van der Waals surface area contributed by atoms with Crippen molar-refractivity contribution >= 4 is 23.6 Å².